The molecule has 2 nitrogen and oxygen atoms in total. The molecule has 0 radical (unpaired) electrons. The highest BCUT2D eigenvalue weighted by Gasteiger charge is 2.45. The van der Waals surface area contributed by atoms with Gasteiger partial charge in [-0.25, -0.2) is 0 Å². The lowest BCUT2D eigenvalue weighted by Gasteiger charge is -2.47. The van der Waals surface area contributed by atoms with E-state index in [1.807, 2.05) is 0 Å². The highest BCUT2D eigenvalue weighted by Crippen LogP contribution is 2.44. The van der Waals surface area contributed by atoms with Crippen molar-refractivity contribution < 1.29 is 0 Å². The van der Waals surface area contributed by atoms with Crippen molar-refractivity contribution in [3.8, 4) is 0 Å². The quantitative estimate of drug-likeness (QED) is 0.907. The van der Waals surface area contributed by atoms with Gasteiger partial charge in [-0.3, -0.25) is 4.90 Å². The van der Waals surface area contributed by atoms with Gasteiger partial charge in [0, 0.05) is 11.6 Å². The number of likely N-dealkylation sites (tertiary alicyclic amines) is 1. The number of nitrogens with zero attached hydrogens (tertiary/aromatic N) is 1. The van der Waals surface area contributed by atoms with Crippen LogP contribution in [0.25, 0.3) is 0 Å². The van der Waals surface area contributed by atoms with Crippen molar-refractivity contribution in [2.24, 2.45) is 5.73 Å². The van der Waals surface area contributed by atoms with Crippen molar-refractivity contribution >= 4 is 0 Å². The fraction of sp³-hybridized carbons (Fsp3) is 0.667. The molecular formula is C18H28N2. The first-order valence-electron chi connectivity index (χ1n) is 8.30. The minimum Gasteiger partial charge on any atom is -0.322 e. The zero-order valence-electron chi connectivity index (χ0n) is 12.8. The molecule has 0 bridgehead atoms. The Morgan fingerprint density at radius 3 is 2.15 bits per heavy atom. The normalized spacial score (nSPS) is 24.7. The monoisotopic (exact) mass is 272 g/mol. The van der Waals surface area contributed by atoms with E-state index in [1.165, 1.54) is 69.2 Å². The number of nitrogens with two attached hydrogens (primary N) is 1. The van der Waals surface area contributed by atoms with E-state index >= 15 is 0 Å². The second-order valence-corrected chi connectivity index (χ2v) is 6.75. The molecule has 20 heavy (non-hydrogen) atoms. The Kier molecular flexibility index (Phi) is 4.13. The van der Waals surface area contributed by atoms with Gasteiger partial charge in [0.2, 0.25) is 0 Å². The minimum atomic E-state index is 0.170. The van der Waals surface area contributed by atoms with E-state index in [-0.39, 0.29) is 11.6 Å². The molecule has 1 aliphatic carbocycles. The maximum atomic E-state index is 6.77. The Morgan fingerprint density at radius 1 is 0.950 bits per heavy atom. The summed E-state index contributed by atoms with van der Waals surface area (Å²) in [7, 11) is 0. The number of hydrogen-bond acceptors (Lipinski definition) is 2. The van der Waals surface area contributed by atoms with Crippen molar-refractivity contribution in [1.82, 2.24) is 4.90 Å². The molecule has 3 rings (SSSR count). The van der Waals surface area contributed by atoms with E-state index in [4.69, 9.17) is 5.73 Å². The average Bonchev–Trinajstić information content (AvgIpc) is 2.99. The Morgan fingerprint density at radius 2 is 1.55 bits per heavy atom. The van der Waals surface area contributed by atoms with Crippen LogP contribution in [0.3, 0.4) is 0 Å². The van der Waals surface area contributed by atoms with Gasteiger partial charge in [0.25, 0.3) is 0 Å². The van der Waals surface area contributed by atoms with Crippen molar-refractivity contribution in [2.75, 3.05) is 13.1 Å². The lowest BCUT2D eigenvalue weighted by Crippen LogP contribution is -2.55. The van der Waals surface area contributed by atoms with E-state index in [9.17, 15) is 0 Å². The molecule has 1 unspecified atom stereocenters. The van der Waals surface area contributed by atoms with Gasteiger partial charge in [-0.2, -0.15) is 0 Å². The van der Waals surface area contributed by atoms with Gasteiger partial charge >= 0.3 is 0 Å². The topological polar surface area (TPSA) is 29.3 Å². The first-order valence-corrected chi connectivity index (χ1v) is 8.30. The van der Waals surface area contributed by atoms with E-state index in [2.05, 4.69) is 36.1 Å². The van der Waals surface area contributed by atoms with Crippen LogP contribution in [0.5, 0.6) is 0 Å². The third-order valence-corrected chi connectivity index (χ3v) is 5.47. The average molecular weight is 272 g/mol. The lowest BCUT2D eigenvalue weighted by molar-refractivity contribution is 0.0478. The van der Waals surface area contributed by atoms with E-state index < -0.39 is 0 Å². The number of hydrogen-bond donors (Lipinski definition) is 1. The van der Waals surface area contributed by atoms with Gasteiger partial charge in [0.15, 0.2) is 0 Å². The molecule has 1 aromatic carbocycles. The summed E-state index contributed by atoms with van der Waals surface area (Å²) in [6.45, 7) is 4.64. The van der Waals surface area contributed by atoms with Gasteiger partial charge in [0.1, 0.15) is 0 Å². The zero-order chi connectivity index (χ0) is 14.0. The molecule has 110 valence electrons. The largest absolute Gasteiger partial charge is 0.322 e. The van der Waals surface area contributed by atoms with Gasteiger partial charge < -0.3 is 5.73 Å². The first kappa shape index (κ1) is 14.1. The number of rotatable bonds is 3. The van der Waals surface area contributed by atoms with Crippen molar-refractivity contribution in [3.05, 3.63) is 35.4 Å². The summed E-state index contributed by atoms with van der Waals surface area (Å²) in [5.41, 5.74) is 9.65. The van der Waals surface area contributed by atoms with Gasteiger partial charge in [-0.1, -0.05) is 49.1 Å². The van der Waals surface area contributed by atoms with E-state index in [1.54, 1.807) is 0 Å². The number of aryl methyl sites for hydroxylation is 1. The lowest BCUT2D eigenvalue weighted by atomic mass is 9.81. The molecule has 0 aromatic heterocycles. The molecule has 2 aliphatic rings. The van der Waals surface area contributed by atoms with Crippen molar-refractivity contribution in [1.29, 1.82) is 0 Å². The third-order valence-electron chi connectivity index (χ3n) is 5.47. The fourth-order valence-electron chi connectivity index (χ4n) is 4.23. The predicted molar refractivity (Wildman–Crippen MR) is 84.7 cm³/mol. The van der Waals surface area contributed by atoms with Crippen molar-refractivity contribution in [2.45, 2.75) is 63.5 Å². The predicted octanol–water partition coefficient (Wildman–Crippen LogP) is 3.79. The van der Waals surface area contributed by atoms with Crippen LogP contribution in [0.2, 0.25) is 0 Å². The minimum absolute atomic E-state index is 0.170. The number of benzene rings is 1. The molecule has 1 aromatic rings. The fourth-order valence-corrected chi connectivity index (χ4v) is 4.23. The zero-order valence-corrected chi connectivity index (χ0v) is 12.8. The van der Waals surface area contributed by atoms with Crippen LogP contribution in [0.4, 0.5) is 0 Å². The maximum absolute atomic E-state index is 6.77. The molecule has 1 saturated carbocycles. The molecular weight excluding hydrogens is 244 g/mol. The van der Waals surface area contributed by atoms with Gasteiger partial charge in [-0.05, 0) is 51.3 Å². The molecule has 2 N–H and O–H groups in total. The Hall–Kier alpha value is -0.860. The summed E-state index contributed by atoms with van der Waals surface area (Å²) in [5, 5.41) is 0. The van der Waals surface area contributed by atoms with Crippen LogP contribution < -0.4 is 5.73 Å². The molecule has 2 fully saturated rings. The SMILES string of the molecule is Cc1ccc(C(N)C2(N3CCCCC3)CCCC2)cc1. The Balaban J connectivity index is 1.87. The maximum Gasteiger partial charge on any atom is 0.0482 e. The molecule has 0 spiro atoms. The second kappa shape index (κ2) is 5.87. The second-order valence-electron chi connectivity index (χ2n) is 6.75. The molecule has 1 heterocycles. The smallest absolute Gasteiger partial charge is 0.0482 e. The molecule has 1 saturated heterocycles. The molecule has 1 aliphatic heterocycles. The Bertz CT molecular complexity index is 425. The summed E-state index contributed by atoms with van der Waals surface area (Å²) in [5.74, 6) is 0. The first-order chi connectivity index (χ1) is 9.72. The highest BCUT2D eigenvalue weighted by atomic mass is 15.2. The third kappa shape index (κ3) is 2.51. The Labute approximate surface area is 123 Å². The van der Waals surface area contributed by atoms with Crippen molar-refractivity contribution in [3.63, 3.8) is 0 Å². The van der Waals surface area contributed by atoms with Crippen LogP contribution in [0.15, 0.2) is 24.3 Å². The molecule has 1 atom stereocenters. The van der Waals surface area contributed by atoms with E-state index in [0.717, 1.165) is 0 Å². The summed E-state index contributed by atoms with van der Waals surface area (Å²) in [6.07, 6.45) is 9.34. The summed E-state index contributed by atoms with van der Waals surface area (Å²) >= 11 is 0. The summed E-state index contributed by atoms with van der Waals surface area (Å²) in [4.78, 5) is 2.73. The standard InChI is InChI=1S/C18H28N2/c1-15-7-9-16(10-8-15)17(19)18(11-3-4-12-18)20-13-5-2-6-14-20/h7-10,17H,2-6,11-14,19H2,1H3. The van der Waals surface area contributed by atoms with Crippen LogP contribution in [0.1, 0.15) is 62.1 Å². The molecule has 2 heteroatoms. The molecule has 0 amide bonds. The van der Waals surface area contributed by atoms with Crippen LogP contribution in [-0.4, -0.2) is 23.5 Å². The van der Waals surface area contributed by atoms with Gasteiger partial charge in [-0.15, -0.1) is 0 Å². The van der Waals surface area contributed by atoms with E-state index in [0.29, 0.717) is 0 Å². The summed E-state index contributed by atoms with van der Waals surface area (Å²) in [6, 6.07) is 9.06. The van der Waals surface area contributed by atoms with Crippen LogP contribution in [-0.2, 0) is 0 Å². The van der Waals surface area contributed by atoms with Gasteiger partial charge in [0.05, 0.1) is 0 Å². The van der Waals surface area contributed by atoms with Crippen LogP contribution >= 0.6 is 0 Å². The summed E-state index contributed by atoms with van der Waals surface area (Å²) < 4.78 is 0. The highest BCUT2D eigenvalue weighted by molar-refractivity contribution is 5.27. The number of piperidine rings is 1. The van der Waals surface area contributed by atoms with Crippen LogP contribution in [0, 0.1) is 6.92 Å².